The van der Waals surface area contributed by atoms with Gasteiger partial charge >= 0.3 is 6.18 Å². The lowest BCUT2D eigenvalue weighted by Crippen LogP contribution is -2.38. The van der Waals surface area contributed by atoms with Crippen LogP contribution in [-0.2, 0) is 12.6 Å². The highest BCUT2D eigenvalue weighted by molar-refractivity contribution is 7.80. The van der Waals surface area contributed by atoms with Crippen LogP contribution >= 0.6 is 12.2 Å². The summed E-state index contributed by atoms with van der Waals surface area (Å²) < 4.78 is 39.5. The zero-order valence-electron chi connectivity index (χ0n) is 15.9. The van der Waals surface area contributed by atoms with E-state index in [4.69, 9.17) is 17.5 Å². The van der Waals surface area contributed by atoms with Crippen molar-refractivity contribution in [3.63, 3.8) is 0 Å². The quantitative estimate of drug-likeness (QED) is 0.641. The molecule has 0 amide bonds. The van der Waals surface area contributed by atoms with Crippen molar-refractivity contribution in [1.82, 2.24) is 4.98 Å². The van der Waals surface area contributed by atoms with E-state index in [1.165, 1.54) is 22.7 Å². The van der Waals surface area contributed by atoms with Crippen LogP contribution in [0.4, 0.5) is 24.5 Å². The molecule has 0 radical (unpaired) electrons. The van der Waals surface area contributed by atoms with Gasteiger partial charge in [0.05, 0.1) is 17.4 Å². The van der Waals surface area contributed by atoms with Gasteiger partial charge in [0.1, 0.15) is 6.07 Å². The van der Waals surface area contributed by atoms with Crippen molar-refractivity contribution in [1.29, 1.82) is 5.26 Å². The summed E-state index contributed by atoms with van der Waals surface area (Å²) in [6.07, 6.45) is -0.223. The van der Waals surface area contributed by atoms with Gasteiger partial charge in [0.25, 0.3) is 0 Å². The number of halogens is 3. The average molecular weight is 406 g/mol. The van der Waals surface area contributed by atoms with E-state index < -0.39 is 17.4 Å². The fourth-order valence-electron chi connectivity index (χ4n) is 2.66. The predicted molar refractivity (Wildman–Crippen MR) is 108 cm³/mol. The van der Waals surface area contributed by atoms with Gasteiger partial charge < -0.3 is 9.80 Å². The van der Waals surface area contributed by atoms with E-state index in [9.17, 15) is 13.2 Å². The smallest absolute Gasteiger partial charge is 0.322 e. The summed E-state index contributed by atoms with van der Waals surface area (Å²) >= 11 is 5.44. The summed E-state index contributed by atoms with van der Waals surface area (Å²) in [6, 6.07) is 10.3. The summed E-state index contributed by atoms with van der Waals surface area (Å²) in [6.45, 7) is 2.14. The minimum absolute atomic E-state index is 0.155. The van der Waals surface area contributed by atoms with Crippen LogP contribution in [0.5, 0.6) is 0 Å². The number of benzene rings is 1. The Morgan fingerprint density at radius 3 is 2.29 bits per heavy atom. The van der Waals surface area contributed by atoms with Gasteiger partial charge in [-0.1, -0.05) is 25.5 Å². The Kier molecular flexibility index (Phi) is 6.97. The number of aryl methyl sites for hydroxylation is 1. The van der Waals surface area contributed by atoms with Gasteiger partial charge in [-0.15, -0.1) is 0 Å². The number of hydrogen-bond donors (Lipinski definition) is 0. The van der Waals surface area contributed by atoms with Crippen LogP contribution in [0.3, 0.4) is 0 Å². The van der Waals surface area contributed by atoms with E-state index >= 15 is 0 Å². The van der Waals surface area contributed by atoms with Crippen LogP contribution in [-0.4, -0.2) is 24.2 Å². The van der Waals surface area contributed by atoms with E-state index in [0.29, 0.717) is 5.11 Å². The van der Waals surface area contributed by atoms with E-state index in [1.807, 2.05) is 24.3 Å². The van der Waals surface area contributed by atoms with Crippen LogP contribution in [0, 0.1) is 11.3 Å². The van der Waals surface area contributed by atoms with Gasteiger partial charge in [0.15, 0.2) is 10.8 Å². The highest BCUT2D eigenvalue weighted by Crippen LogP contribution is 2.33. The maximum absolute atomic E-state index is 13.2. The highest BCUT2D eigenvalue weighted by atomic mass is 32.1. The Balaban J connectivity index is 2.23. The fraction of sp³-hybridized carbons (Fsp3) is 0.350. The number of aromatic nitrogens is 1. The number of nitrogens with zero attached hydrogens (tertiary/aromatic N) is 4. The van der Waals surface area contributed by atoms with E-state index in [-0.39, 0.29) is 5.69 Å². The molecule has 0 aliphatic heterocycles. The molecule has 0 saturated heterocycles. The van der Waals surface area contributed by atoms with E-state index in [2.05, 4.69) is 11.9 Å². The second-order valence-electron chi connectivity index (χ2n) is 6.37. The number of rotatable bonds is 5. The molecule has 28 heavy (non-hydrogen) atoms. The molecule has 0 N–H and O–H groups in total. The molecule has 1 aromatic carbocycles. The second-order valence-corrected chi connectivity index (χ2v) is 6.74. The van der Waals surface area contributed by atoms with Crippen LogP contribution < -0.4 is 9.80 Å². The lowest BCUT2D eigenvalue weighted by Gasteiger charge is -2.28. The first-order valence-corrected chi connectivity index (χ1v) is 9.17. The lowest BCUT2D eigenvalue weighted by atomic mass is 10.1. The maximum atomic E-state index is 13.2. The van der Waals surface area contributed by atoms with Gasteiger partial charge in [-0.3, -0.25) is 0 Å². The molecule has 0 atom stereocenters. The highest BCUT2D eigenvalue weighted by Gasteiger charge is 2.35. The molecule has 2 rings (SSSR count). The van der Waals surface area contributed by atoms with E-state index in [0.717, 1.165) is 31.0 Å². The molecule has 0 bridgehead atoms. The van der Waals surface area contributed by atoms with Gasteiger partial charge in [0.2, 0.25) is 0 Å². The Morgan fingerprint density at radius 1 is 1.14 bits per heavy atom. The third kappa shape index (κ3) is 4.98. The Labute approximate surface area is 168 Å². The second kappa shape index (κ2) is 9.02. The molecule has 0 spiro atoms. The molecule has 0 aliphatic carbocycles. The molecule has 0 saturated carbocycles. The molecule has 1 heterocycles. The zero-order chi connectivity index (χ0) is 20.9. The molecular formula is C20H21F3N4S. The number of anilines is 2. The lowest BCUT2D eigenvalue weighted by molar-refractivity contribution is -0.138. The zero-order valence-corrected chi connectivity index (χ0v) is 16.7. The van der Waals surface area contributed by atoms with Crippen LogP contribution in [0.1, 0.15) is 36.6 Å². The van der Waals surface area contributed by atoms with E-state index in [1.54, 1.807) is 19.0 Å². The Hall–Kier alpha value is -2.66. The minimum atomic E-state index is -4.67. The summed E-state index contributed by atoms with van der Waals surface area (Å²) in [4.78, 5) is 6.79. The molecule has 0 fully saturated rings. The molecule has 148 valence electrons. The van der Waals surface area contributed by atoms with Crippen molar-refractivity contribution in [3.05, 3.63) is 53.3 Å². The molecule has 8 heteroatoms. The number of alkyl halides is 3. The monoisotopic (exact) mass is 406 g/mol. The van der Waals surface area contributed by atoms with Crippen molar-refractivity contribution in [2.45, 2.75) is 32.4 Å². The van der Waals surface area contributed by atoms with Crippen LogP contribution in [0.25, 0.3) is 0 Å². The normalized spacial score (nSPS) is 11.0. The maximum Gasteiger partial charge on any atom is 0.419 e. The molecule has 0 unspecified atom stereocenters. The standard InChI is InChI=1S/C20H21F3N4S/c1-4-5-6-14-7-9-15(10-8-14)26(2)19(28)27(3)16-11-17(20(21,22)23)18(12-24)25-13-16/h7-11,13H,4-6H2,1-3H3. The Morgan fingerprint density at radius 2 is 1.75 bits per heavy atom. The molecule has 1 aromatic heterocycles. The molecule has 0 aliphatic rings. The number of unbranched alkanes of at least 4 members (excludes halogenated alkanes) is 1. The molecular weight excluding hydrogens is 385 g/mol. The van der Waals surface area contributed by atoms with Crippen molar-refractivity contribution >= 4 is 28.7 Å². The first-order valence-electron chi connectivity index (χ1n) is 8.76. The first-order chi connectivity index (χ1) is 13.2. The van der Waals surface area contributed by atoms with Gasteiger partial charge in [-0.2, -0.15) is 18.4 Å². The molecule has 4 nitrogen and oxygen atoms in total. The minimum Gasteiger partial charge on any atom is -0.322 e. The average Bonchev–Trinajstić information content (AvgIpc) is 2.69. The van der Waals surface area contributed by atoms with Gasteiger partial charge in [-0.05, 0) is 48.8 Å². The summed E-state index contributed by atoms with van der Waals surface area (Å²) in [5.41, 5.74) is 0.471. The van der Waals surface area contributed by atoms with Crippen molar-refractivity contribution in [3.8, 4) is 6.07 Å². The number of pyridine rings is 1. The predicted octanol–water partition coefficient (Wildman–Crippen LogP) is 5.17. The SMILES string of the molecule is CCCCc1ccc(N(C)C(=S)N(C)c2cnc(C#N)c(C(F)(F)F)c2)cc1. The number of thiocarbonyl (C=S) groups is 1. The van der Waals surface area contributed by atoms with Crippen molar-refractivity contribution < 1.29 is 13.2 Å². The van der Waals surface area contributed by atoms with Crippen LogP contribution in [0.2, 0.25) is 0 Å². The summed E-state index contributed by atoms with van der Waals surface area (Å²) in [5, 5.41) is 9.18. The topological polar surface area (TPSA) is 43.2 Å². The first kappa shape index (κ1) is 21.6. The van der Waals surface area contributed by atoms with Gasteiger partial charge in [0, 0.05) is 19.8 Å². The van der Waals surface area contributed by atoms with Crippen molar-refractivity contribution in [2.24, 2.45) is 0 Å². The third-order valence-electron chi connectivity index (χ3n) is 4.39. The summed E-state index contributed by atoms with van der Waals surface area (Å²) in [7, 11) is 3.32. The number of nitriles is 1. The van der Waals surface area contributed by atoms with Crippen LogP contribution in [0.15, 0.2) is 36.5 Å². The number of hydrogen-bond acceptors (Lipinski definition) is 3. The summed E-state index contributed by atoms with van der Waals surface area (Å²) in [5.74, 6) is 0. The molecule has 2 aromatic rings. The largest absolute Gasteiger partial charge is 0.419 e. The fourth-order valence-corrected chi connectivity index (χ4v) is 2.87. The van der Waals surface area contributed by atoms with Gasteiger partial charge in [-0.25, -0.2) is 4.98 Å². The third-order valence-corrected chi connectivity index (χ3v) is 4.94. The van der Waals surface area contributed by atoms with Crippen molar-refractivity contribution in [2.75, 3.05) is 23.9 Å². The Bertz CT molecular complexity index is 873.